The number of carbonyl (C=O) groups excluding carboxylic acids is 3. The van der Waals surface area contributed by atoms with Gasteiger partial charge in [0, 0.05) is 19.3 Å². The van der Waals surface area contributed by atoms with Crippen LogP contribution in [0.4, 0.5) is 0 Å². The van der Waals surface area contributed by atoms with Crippen LogP contribution in [0.5, 0.6) is 0 Å². The van der Waals surface area contributed by atoms with Gasteiger partial charge in [-0.1, -0.05) is 225 Å². The molecule has 0 saturated carbocycles. The van der Waals surface area contributed by atoms with Gasteiger partial charge in [0.2, 0.25) is 0 Å². The molecule has 1 fully saturated rings. The van der Waals surface area contributed by atoms with E-state index in [0.717, 1.165) is 103 Å². The minimum atomic E-state index is -1.90. The number of aliphatic hydroxyl groups excluding tert-OH is 2. The van der Waals surface area contributed by atoms with Crippen molar-refractivity contribution in [1.82, 2.24) is 0 Å². The van der Waals surface area contributed by atoms with E-state index in [2.05, 4.69) is 45.1 Å². The zero-order valence-corrected chi connectivity index (χ0v) is 46.9. The van der Waals surface area contributed by atoms with Crippen LogP contribution in [0.25, 0.3) is 0 Å². The topological polar surface area (TPSA) is 175 Å². The van der Waals surface area contributed by atoms with Gasteiger partial charge in [-0.15, -0.1) is 0 Å². The molecule has 73 heavy (non-hydrogen) atoms. The molecule has 0 aromatic rings. The minimum absolute atomic E-state index is 0.0649. The van der Waals surface area contributed by atoms with E-state index in [9.17, 15) is 34.5 Å². The predicted octanol–water partition coefficient (Wildman–Crippen LogP) is 15.5. The fourth-order valence-corrected chi connectivity index (χ4v) is 9.30. The maximum atomic E-state index is 13.1. The van der Waals surface area contributed by atoms with Gasteiger partial charge in [-0.3, -0.25) is 14.4 Å². The smallest absolute Gasteiger partial charge is 0.335 e. The summed E-state index contributed by atoms with van der Waals surface area (Å²) >= 11 is 0. The number of rotatable bonds is 52. The van der Waals surface area contributed by atoms with Crippen molar-refractivity contribution < 1.29 is 58.2 Å². The number of aliphatic hydroxyl groups is 2. The highest BCUT2D eigenvalue weighted by atomic mass is 16.7. The van der Waals surface area contributed by atoms with Crippen molar-refractivity contribution in [3.63, 3.8) is 0 Å². The van der Waals surface area contributed by atoms with Gasteiger partial charge in [0.25, 0.3) is 0 Å². The van der Waals surface area contributed by atoms with E-state index in [1.165, 1.54) is 128 Å². The van der Waals surface area contributed by atoms with Gasteiger partial charge in [0.15, 0.2) is 24.6 Å². The van der Waals surface area contributed by atoms with Gasteiger partial charge >= 0.3 is 23.9 Å². The lowest BCUT2D eigenvalue weighted by Crippen LogP contribution is -2.61. The number of hydrogen-bond acceptors (Lipinski definition) is 11. The van der Waals surface area contributed by atoms with Crippen molar-refractivity contribution >= 4 is 23.9 Å². The molecule has 12 nitrogen and oxygen atoms in total. The number of hydrogen-bond donors (Lipinski definition) is 3. The van der Waals surface area contributed by atoms with Crippen LogP contribution in [0.15, 0.2) is 24.3 Å². The third-order valence-corrected chi connectivity index (χ3v) is 14.0. The molecule has 6 atom stereocenters. The van der Waals surface area contributed by atoms with Gasteiger partial charge in [-0.05, 0) is 70.6 Å². The van der Waals surface area contributed by atoms with Crippen molar-refractivity contribution in [1.29, 1.82) is 0 Å². The molecular formula is C61H110O12. The fourth-order valence-electron chi connectivity index (χ4n) is 9.30. The first kappa shape index (κ1) is 68.2. The maximum Gasteiger partial charge on any atom is 0.335 e. The summed E-state index contributed by atoms with van der Waals surface area (Å²) in [6.07, 6.45) is 44.3. The molecule has 0 aliphatic carbocycles. The summed E-state index contributed by atoms with van der Waals surface area (Å²) in [4.78, 5) is 51.1. The highest BCUT2D eigenvalue weighted by Crippen LogP contribution is 2.27. The Morgan fingerprint density at radius 2 is 0.781 bits per heavy atom. The second kappa shape index (κ2) is 50.0. The maximum absolute atomic E-state index is 13.1. The SMILES string of the molecule is CCCCCCCC/C=C\CCCCCCCC(=O)OCC(COC1OC(C(=O)O)C(O)C(O)C1OC(=O)CCCCCCCCCCCCCCC)OC(=O)CCCCCCC/C=C\CCCCCCCC. The summed E-state index contributed by atoms with van der Waals surface area (Å²) in [6.45, 7) is 5.99. The zero-order chi connectivity index (χ0) is 53.3. The van der Waals surface area contributed by atoms with Gasteiger partial charge in [-0.2, -0.15) is 0 Å². The molecule has 0 amide bonds. The normalized spacial score (nSPS) is 18.4. The highest BCUT2D eigenvalue weighted by molar-refractivity contribution is 5.74. The molecule has 0 aromatic carbocycles. The molecule has 1 heterocycles. The van der Waals surface area contributed by atoms with Gasteiger partial charge in [0.1, 0.15) is 18.8 Å². The number of ether oxygens (including phenoxy) is 5. The van der Waals surface area contributed by atoms with E-state index in [4.69, 9.17) is 23.7 Å². The summed E-state index contributed by atoms with van der Waals surface area (Å²) in [6, 6.07) is 0. The second-order valence-corrected chi connectivity index (χ2v) is 21.0. The lowest BCUT2D eigenvalue weighted by atomic mass is 9.98. The standard InChI is InChI=1S/C61H110O12/c1-4-7-10-13-16-19-22-25-27-30-32-35-38-41-44-47-53(62)69-50-52(71-54(63)48-45-42-39-36-34-31-28-26-23-20-17-14-11-8-5-2)51-70-61-59(57(66)56(65)58(73-61)60(67)68)72-55(64)49-46-43-40-37-33-29-24-21-18-15-12-9-6-3/h25-28,52,56-59,61,65-66H,4-24,29-51H2,1-3H3,(H,67,68)/b27-25-,28-26-. The first-order chi connectivity index (χ1) is 35.6. The Bertz CT molecular complexity index is 1370. The Morgan fingerprint density at radius 3 is 1.16 bits per heavy atom. The third kappa shape index (κ3) is 40.2. The number of carboxylic acid groups (broad SMARTS) is 1. The van der Waals surface area contributed by atoms with Crippen LogP contribution in [0, 0.1) is 0 Å². The van der Waals surface area contributed by atoms with Crippen LogP contribution in [-0.2, 0) is 42.9 Å². The average molecular weight is 1040 g/mol. The number of allylic oxidation sites excluding steroid dienone is 4. The molecule has 1 saturated heterocycles. The molecule has 0 aromatic heterocycles. The fraction of sp³-hybridized carbons (Fsp3) is 0.869. The van der Waals surface area contributed by atoms with E-state index < -0.39 is 67.3 Å². The van der Waals surface area contributed by atoms with E-state index in [1.54, 1.807) is 0 Å². The molecule has 0 spiro atoms. The Hall–Kier alpha value is -2.80. The molecule has 0 radical (unpaired) electrons. The van der Waals surface area contributed by atoms with E-state index >= 15 is 0 Å². The summed E-state index contributed by atoms with van der Waals surface area (Å²) in [5.41, 5.74) is 0. The zero-order valence-electron chi connectivity index (χ0n) is 46.9. The van der Waals surface area contributed by atoms with Crippen LogP contribution in [0.2, 0.25) is 0 Å². The van der Waals surface area contributed by atoms with Gasteiger partial charge in [0.05, 0.1) is 6.61 Å². The first-order valence-electron chi connectivity index (χ1n) is 30.3. The molecule has 426 valence electrons. The van der Waals surface area contributed by atoms with E-state index in [-0.39, 0.29) is 25.9 Å². The van der Waals surface area contributed by atoms with Crippen molar-refractivity contribution in [2.75, 3.05) is 13.2 Å². The second-order valence-electron chi connectivity index (χ2n) is 21.0. The Balaban J connectivity index is 2.69. The summed E-state index contributed by atoms with van der Waals surface area (Å²) < 4.78 is 28.4. The highest BCUT2D eigenvalue weighted by Gasteiger charge is 2.50. The van der Waals surface area contributed by atoms with Gasteiger partial charge in [-0.25, -0.2) is 4.79 Å². The molecular weight excluding hydrogens is 925 g/mol. The lowest BCUT2D eigenvalue weighted by molar-refractivity contribution is -0.301. The van der Waals surface area contributed by atoms with Crippen molar-refractivity contribution in [2.45, 2.75) is 327 Å². The molecule has 3 N–H and O–H groups in total. The van der Waals surface area contributed by atoms with Crippen LogP contribution in [-0.4, -0.2) is 89.2 Å². The van der Waals surface area contributed by atoms with Crippen molar-refractivity contribution in [3.05, 3.63) is 24.3 Å². The van der Waals surface area contributed by atoms with Crippen LogP contribution in [0.3, 0.4) is 0 Å². The van der Waals surface area contributed by atoms with Gasteiger partial charge < -0.3 is 39.0 Å². The lowest BCUT2D eigenvalue weighted by Gasteiger charge is -2.40. The van der Waals surface area contributed by atoms with Crippen molar-refractivity contribution in [2.24, 2.45) is 0 Å². The first-order valence-corrected chi connectivity index (χ1v) is 30.3. The molecule has 1 rings (SSSR count). The number of esters is 3. The molecule has 0 bridgehead atoms. The van der Waals surface area contributed by atoms with Crippen LogP contribution < -0.4 is 0 Å². The molecule has 12 heteroatoms. The predicted molar refractivity (Wildman–Crippen MR) is 294 cm³/mol. The van der Waals surface area contributed by atoms with Crippen LogP contribution >= 0.6 is 0 Å². The number of aliphatic carboxylic acids is 1. The number of carbonyl (C=O) groups is 4. The molecule has 6 unspecified atom stereocenters. The molecule has 1 aliphatic heterocycles. The monoisotopic (exact) mass is 1030 g/mol. The summed E-state index contributed by atoms with van der Waals surface area (Å²) in [5, 5.41) is 31.5. The average Bonchev–Trinajstić information content (AvgIpc) is 3.37. The summed E-state index contributed by atoms with van der Waals surface area (Å²) in [5.74, 6) is -3.11. The minimum Gasteiger partial charge on any atom is -0.479 e. The third-order valence-electron chi connectivity index (χ3n) is 14.0. The number of carboxylic acids is 1. The largest absolute Gasteiger partial charge is 0.479 e. The van der Waals surface area contributed by atoms with Crippen molar-refractivity contribution in [3.8, 4) is 0 Å². The summed E-state index contributed by atoms with van der Waals surface area (Å²) in [7, 11) is 0. The van der Waals surface area contributed by atoms with E-state index in [0.29, 0.717) is 19.3 Å². The van der Waals surface area contributed by atoms with E-state index in [1.807, 2.05) is 0 Å². The Morgan fingerprint density at radius 1 is 0.438 bits per heavy atom. The number of unbranched alkanes of at least 4 members (excludes halogenated alkanes) is 34. The molecule has 1 aliphatic rings. The Labute approximate surface area is 445 Å². The Kier molecular flexibility index (Phi) is 46.8. The quantitative estimate of drug-likeness (QED) is 0.0228. The van der Waals surface area contributed by atoms with Crippen LogP contribution in [0.1, 0.15) is 290 Å².